The summed E-state index contributed by atoms with van der Waals surface area (Å²) < 4.78 is 9.81. The lowest BCUT2D eigenvalue weighted by Crippen LogP contribution is -2.09. The number of halogens is 3. The fourth-order valence-electron chi connectivity index (χ4n) is 1.17. The van der Waals surface area contributed by atoms with Gasteiger partial charge >= 0.3 is 11.9 Å². The molecule has 0 bridgehead atoms. The third-order valence-corrected chi connectivity index (χ3v) is 3.20. The van der Waals surface area contributed by atoms with E-state index in [2.05, 4.69) is 0 Å². The molecule has 0 heterocycles. The van der Waals surface area contributed by atoms with Gasteiger partial charge in [-0.25, -0.2) is 9.59 Å². The number of ether oxygens (including phenoxy) is 2. The van der Waals surface area contributed by atoms with E-state index in [1.54, 1.807) is 0 Å². The highest BCUT2D eigenvalue weighted by atomic mass is 35.5. The minimum Gasteiger partial charge on any atom is -0.462 e. The van der Waals surface area contributed by atoms with Crippen molar-refractivity contribution in [2.75, 3.05) is 6.61 Å². The number of rotatable bonds is 5. The van der Waals surface area contributed by atoms with Gasteiger partial charge in [0.1, 0.15) is 5.02 Å². The maximum atomic E-state index is 11.6. The average Bonchev–Trinajstić information content (AvgIpc) is 2.43. The van der Waals surface area contributed by atoms with Crippen molar-refractivity contribution in [3.05, 3.63) is 39.4 Å². The van der Waals surface area contributed by atoms with Gasteiger partial charge in [-0.3, -0.25) is 0 Å². The molecule has 0 amide bonds. The van der Waals surface area contributed by atoms with Gasteiger partial charge in [0.2, 0.25) is 0 Å². The van der Waals surface area contributed by atoms with E-state index in [4.69, 9.17) is 44.3 Å². The SMILES string of the molecule is CC(C)COC(=O)/C=C/C(=O)Oc1c(Cl)ccc(Cl)c1Cl. The Labute approximate surface area is 137 Å². The van der Waals surface area contributed by atoms with Crippen molar-refractivity contribution in [1.82, 2.24) is 0 Å². The van der Waals surface area contributed by atoms with Crippen LogP contribution < -0.4 is 4.74 Å². The Hall–Kier alpha value is -1.23. The first-order valence-corrected chi connectivity index (χ1v) is 7.14. The van der Waals surface area contributed by atoms with E-state index in [1.807, 2.05) is 13.8 Å². The van der Waals surface area contributed by atoms with Crippen LogP contribution in [0.15, 0.2) is 24.3 Å². The maximum absolute atomic E-state index is 11.6. The van der Waals surface area contributed by atoms with Crippen molar-refractivity contribution in [1.29, 1.82) is 0 Å². The summed E-state index contributed by atoms with van der Waals surface area (Å²) in [5, 5.41) is 0.353. The second kappa shape index (κ2) is 8.27. The molecule has 0 aliphatic carbocycles. The number of benzene rings is 1. The molecule has 0 saturated carbocycles. The van der Waals surface area contributed by atoms with Crippen molar-refractivity contribution in [2.45, 2.75) is 13.8 Å². The zero-order valence-corrected chi connectivity index (χ0v) is 13.6. The first kappa shape index (κ1) is 17.8. The van der Waals surface area contributed by atoms with Crippen LogP contribution in [0.1, 0.15) is 13.8 Å². The molecule has 0 saturated heterocycles. The summed E-state index contributed by atoms with van der Waals surface area (Å²) in [5.41, 5.74) is 0. The van der Waals surface area contributed by atoms with Crippen LogP contribution >= 0.6 is 34.8 Å². The fraction of sp³-hybridized carbons (Fsp3) is 0.286. The Morgan fingerprint density at radius 2 is 1.67 bits per heavy atom. The molecule has 4 nitrogen and oxygen atoms in total. The van der Waals surface area contributed by atoms with Gasteiger partial charge in [0.15, 0.2) is 5.75 Å². The maximum Gasteiger partial charge on any atom is 0.336 e. The van der Waals surface area contributed by atoms with Crippen molar-refractivity contribution in [2.24, 2.45) is 5.92 Å². The fourth-order valence-corrected chi connectivity index (χ4v) is 1.77. The van der Waals surface area contributed by atoms with Gasteiger partial charge in [-0.15, -0.1) is 0 Å². The van der Waals surface area contributed by atoms with E-state index in [1.165, 1.54) is 12.1 Å². The summed E-state index contributed by atoms with van der Waals surface area (Å²) in [5.74, 6) is -1.30. The summed E-state index contributed by atoms with van der Waals surface area (Å²) in [4.78, 5) is 22.9. The number of esters is 2. The Bertz CT molecular complexity index is 568. The summed E-state index contributed by atoms with van der Waals surface area (Å²) in [6, 6.07) is 2.92. The van der Waals surface area contributed by atoms with Gasteiger partial charge in [0.05, 0.1) is 16.7 Å². The Morgan fingerprint density at radius 1 is 1.10 bits per heavy atom. The molecule has 114 valence electrons. The molecule has 0 atom stereocenters. The minimum atomic E-state index is -0.817. The predicted octanol–water partition coefficient (Wildman–Crippen LogP) is 4.31. The highest BCUT2D eigenvalue weighted by Gasteiger charge is 2.14. The second-order valence-corrected chi connectivity index (χ2v) is 5.64. The molecule has 0 radical (unpaired) electrons. The van der Waals surface area contributed by atoms with E-state index in [0.717, 1.165) is 12.2 Å². The topological polar surface area (TPSA) is 52.6 Å². The Morgan fingerprint density at radius 3 is 2.29 bits per heavy atom. The van der Waals surface area contributed by atoms with Crippen molar-refractivity contribution in [3.63, 3.8) is 0 Å². The van der Waals surface area contributed by atoms with Crippen LogP contribution in [0.5, 0.6) is 5.75 Å². The Balaban J connectivity index is 2.66. The van der Waals surface area contributed by atoms with Crippen LogP contribution in [0.2, 0.25) is 15.1 Å². The molecular formula is C14H13Cl3O4. The third kappa shape index (κ3) is 5.96. The van der Waals surface area contributed by atoms with Crippen molar-refractivity contribution in [3.8, 4) is 5.75 Å². The molecule has 0 N–H and O–H groups in total. The molecule has 1 rings (SSSR count). The molecule has 0 aliphatic heterocycles. The van der Waals surface area contributed by atoms with E-state index in [-0.39, 0.29) is 33.3 Å². The second-order valence-electron chi connectivity index (χ2n) is 4.45. The molecule has 0 fully saturated rings. The summed E-state index contributed by atoms with van der Waals surface area (Å²) in [6.07, 6.45) is 1.90. The summed E-state index contributed by atoms with van der Waals surface area (Å²) >= 11 is 17.5. The van der Waals surface area contributed by atoms with E-state index in [0.29, 0.717) is 0 Å². The number of hydrogen-bond donors (Lipinski definition) is 0. The molecule has 0 aliphatic rings. The lowest BCUT2D eigenvalue weighted by Gasteiger charge is -2.07. The highest BCUT2D eigenvalue weighted by Crippen LogP contribution is 2.38. The van der Waals surface area contributed by atoms with Crippen molar-refractivity contribution >= 4 is 46.7 Å². The third-order valence-electron chi connectivity index (χ3n) is 2.12. The normalized spacial score (nSPS) is 11.0. The lowest BCUT2D eigenvalue weighted by molar-refractivity contribution is -0.139. The van der Waals surface area contributed by atoms with Crippen LogP contribution in [0.4, 0.5) is 0 Å². The van der Waals surface area contributed by atoms with Crippen molar-refractivity contribution < 1.29 is 19.1 Å². The highest BCUT2D eigenvalue weighted by molar-refractivity contribution is 6.44. The summed E-state index contributed by atoms with van der Waals surface area (Å²) in [7, 11) is 0. The number of carbonyl (C=O) groups is 2. The first-order valence-electron chi connectivity index (χ1n) is 6.01. The quantitative estimate of drug-likeness (QED) is 0.343. The summed E-state index contributed by atoms with van der Waals surface area (Å²) in [6.45, 7) is 4.06. The Kier molecular flexibility index (Phi) is 7.02. The number of carbonyl (C=O) groups excluding carboxylic acids is 2. The van der Waals surface area contributed by atoms with Gasteiger partial charge in [-0.1, -0.05) is 48.7 Å². The smallest absolute Gasteiger partial charge is 0.336 e. The van der Waals surface area contributed by atoms with Gasteiger partial charge in [0, 0.05) is 12.2 Å². The molecule has 1 aromatic carbocycles. The minimum absolute atomic E-state index is 0.0216. The molecule has 1 aromatic rings. The van der Waals surface area contributed by atoms with Gasteiger partial charge in [0.25, 0.3) is 0 Å². The van der Waals surface area contributed by atoms with Crippen LogP contribution in [0.25, 0.3) is 0 Å². The van der Waals surface area contributed by atoms with Gasteiger partial charge < -0.3 is 9.47 Å². The molecule has 7 heteroatoms. The van der Waals surface area contributed by atoms with Gasteiger partial charge in [-0.05, 0) is 18.1 Å². The zero-order valence-electron chi connectivity index (χ0n) is 11.4. The molecule has 0 spiro atoms. The molecular weight excluding hydrogens is 339 g/mol. The van der Waals surface area contributed by atoms with Gasteiger partial charge in [-0.2, -0.15) is 0 Å². The molecule has 21 heavy (non-hydrogen) atoms. The predicted molar refractivity (Wildman–Crippen MR) is 82.0 cm³/mol. The van der Waals surface area contributed by atoms with E-state index >= 15 is 0 Å². The average molecular weight is 352 g/mol. The van der Waals surface area contributed by atoms with E-state index < -0.39 is 11.9 Å². The van der Waals surface area contributed by atoms with Crippen LogP contribution in [0.3, 0.4) is 0 Å². The monoisotopic (exact) mass is 350 g/mol. The zero-order chi connectivity index (χ0) is 16.0. The van der Waals surface area contributed by atoms with Crippen LogP contribution in [-0.4, -0.2) is 18.5 Å². The van der Waals surface area contributed by atoms with E-state index in [9.17, 15) is 9.59 Å². The molecule has 0 unspecified atom stereocenters. The standard InChI is InChI=1S/C14H13Cl3O4/c1-8(2)7-20-11(18)5-6-12(19)21-14-10(16)4-3-9(15)13(14)17/h3-6,8H,7H2,1-2H3/b6-5+. The largest absolute Gasteiger partial charge is 0.462 e. The lowest BCUT2D eigenvalue weighted by atomic mass is 10.2. The first-order chi connectivity index (χ1) is 9.81. The molecule has 0 aromatic heterocycles. The number of hydrogen-bond acceptors (Lipinski definition) is 4. The van der Waals surface area contributed by atoms with Crippen LogP contribution in [-0.2, 0) is 14.3 Å². The van der Waals surface area contributed by atoms with Crippen LogP contribution in [0, 0.1) is 5.92 Å².